The summed E-state index contributed by atoms with van der Waals surface area (Å²) in [6, 6.07) is 11.7. The summed E-state index contributed by atoms with van der Waals surface area (Å²) in [4.78, 5) is 13.2. The third kappa shape index (κ3) is 2.71. The molecule has 0 amide bonds. The predicted molar refractivity (Wildman–Crippen MR) is 86.2 cm³/mol. The number of halogens is 1. The Morgan fingerprint density at radius 1 is 1.04 bits per heavy atom. The molecule has 116 valence electrons. The molecule has 0 radical (unpaired) electrons. The van der Waals surface area contributed by atoms with E-state index in [9.17, 15) is 0 Å². The van der Waals surface area contributed by atoms with Crippen molar-refractivity contribution in [1.82, 2.24) is 15.0 Å². The molecule has 4 rings (SSSR count). The summed E-state index contributed by atoms with van der Waals surface area (Å²) >= 11 is 0. The number of hydrogen-bond acceptors (Lipinski definition) is 5. The van der Waals surface area contributed by atoms with Crippen LogP contribution in [-0.2, 0) is 6.42 Å². The smallest absolute Gasteiger partial charge is 0.196 e. The van der Waals surface area contributed by atoms with Crippen molar-refractivity contribution in [2.45, 2.75) is 13.3 Å². The first-order valence-corrected chi connectivity index (χ1v) is 7.20. The highest BCUT2D eigenvalue weighted by Crippen LogP contribution is 2.32. The maximum absolute atomic E-state index is 5.95. The first kappa shape index (κ1) is 15.2. The minimum atomic E-state index is 0. The molecular weight excluding hydrogens is 312 g/mol. The molecule has 0 aliphatic rings. The van der Waals surface area contributed by atoms with E-state index in [1.165, 1.54) is 0 Å². The molecule has 0 unspecified atom stereocenters. The summed E-state index contributed by atoms with van der Waals surface area (Å²) in [6.07, 6.45) is 4.24. The lowest BCUT2D eigenvalue weighted by atomic mass is 10.2. The standard InChI is InChI=1S/C17H14N4O.ClH/c1-2-14-20-15-12-5-3-4-6-13(12)22-16(15)17(21-14)19-11-7-9-18-10-8-11;/h3-10H,2H2,1H3,(H,18,19,20,21);1H/p-1. The van der Waals surface area contributed by atoms with Crippen LogP contribution < -0.4 is 17.7 Å². The van der Waals surface area contributed by atoms with Crippen LogP contribution in [0.1, 0.15) is 12.7 Å². The van der Waals surface area contributed by atoms with E-state index in [0.29, 0.717) is 11.4 Å². The molecule has 4 aromatic rings. The highest BCUT2D eigenvalue weighted by Gasteiger charge is 2.15. The van der Waals surface area contributed by atoms with Crippen molar-refractivity contribution in [2.24, 2.45) is 0 Å². The lowest BCUT2D eigenvalue weighted by Crippen LogP contribution is -3.00. The van der Waals surface area contributed by atoms with Gasteiger partial charge < -0.3 is 22.1 Å². The maximum Gasteiger partial charge on any atom is 0.196 e. The van der Waals surface area contributed by atoms with E-state index >= 15 is 0 Å². The van der Waals surface area contributed by atoms with Crippen molar-refractivity contribution in [3.05, 3.63) is 54.6 Å². The van der Waals surface area contributed by atoms with Crippen molar-refractivity contribution in [3.8, 4) is 0 Å². The fraction of sp³-hybridized carbons (Fsp3) is 0.118. The van der Waals surface area contributed by atoms with Crippen LogP contribution in [0, 0.1) is 0 Å². The molecule has 3 heterocycles. The molecule has 0 saturated heterocycles. The molecule has 6 heteroatoms. The first-order valence-electron chi connectivity index (χ1n) is 7.20. The van der Waals surface area contributed by atoms with Gasteiger partial charge in [0.25, 0.3) is 0 Å². The topological polar surface area (TPSA) is 63.8 Å². The predicted octanol–water partition coefficient (Wildman–Crippen LogP) is 1.08. The summed E-state index contributed by atoms with van der Waals surface area (Å²) < 4.78 is 5.95. The van der Waals surface area contributed by atoms with Crippen molar-refractivity contribution in [1.29, 1.82) is 0 Å². The van der Waals surface area contributed by atoms with Crippen molar-refractivity contribution >= 4 is 33.6 Å². The number of benzene rings is 1. The molecule has 0 aliphatic heterocycles. The van der Waals surface area contributed by atoms with Crippen molar-refractivity contribution in [3.63, 3.8) is 0 Å². The van der Waals surface area contributed by atoms with Crippen molar-refractivity contribution < 1.29 is 16.8 Å². The summed E-state index contributed by atoms with van der Waals surface area (Å²) in [5.41, 5.74) is 3.25. The number of pyridine rings is 1. The molecule has 0 saturated carbocycles. The Morgan fingerprint density at radius 3 is 2.61 bits per heavy atom. The summed E-state index contributed by atoms with van der Waals surface area (Å²) in [7, 11) is 0. The van der Waals surface area contributed by atoms with E-state index in [4.69, 9.17) is 4.42 Å². The summed E-state index contributed by atoms with van der Waals surface area (Å²) in [6.45, 7) is 2.04. The molecule has 1 N–H and O–H groups in total. The van der Waals surface area contributed by atoms with Gasteiger partial charge in [-0.3, -0.25) is 4.98 Å². The van der Waals surface area contributed by atoms with Crippen LogP contribution in [0.15, 0.2) is 53.2 Å². The van der Waals surface area contributed by atoms with Gasteiger partial charge in [0.15, 0.2) is 11.4 Å². The van der Waals surface area contributed by atoms with E-state index in [1.54, 1.807) is 12.4 Å². The number of rotatable bonds is 3. The molecule has 23 heavy (non-hydrogen) atoms. The van der Waals surface area contributed by atoms with Gasteiger partial charge in [-0.15, -0.1) is 0 Å². The van der Waals surface area contributed by atoms with Crippen LogP contribution in [0.3, 0.4) is 0 Å². The molecule has 1 aromatic carbocycles. The quantitative estimate of drug-likeness (QED) is 0.611. The normalized spacial score (nSPS) is 10.7. The molecule has 5 nitrogen and oxygen atoms in total. The van der Waals surface area contributed by atoms with Crippen LogP contribution in [0.5, 0.6) is 0 Å². The van der Waals surface area contributed by atoms with Gasteiger partial charge in [0.1, 0.15) is 16.9 Å². The Labute approximate surface area is 139 Å². The lowest BCUT2D eigenvalue weighted by Gasteiger charge is -2.06. The number of furan rings is 1. The number of aryl methyl sites for hydroxylation is 1. The number of para-hydroxylation sites is 1. The summed E-state index contributed by atoms with van der Waals surface area (Å²) in [5, 5.41) is 4.30. The van der Waals surface area contributed by atoms with Gasteiger partial charge in [-0.2, -0.15) is 0 Å². The Morgan fingerprint density at radius 2 is 1.83 bits per heavy atom. The Bertz CT molecular complexity index is 953. The van der Waals surface area contributed by atoms with Crippen LogP contribution >= 0.6 is 0 Å². The SMILES string of the molecule is CCc1nc(Nc2ccncc2)c2oc3ccccc3c2n1.[Cl-]. The second kappa shape index (κ2) is 6.22. The minimum absolute atomic E-state index is 0. The number of nitrogens with one attached hydrogen (secondary N) is 1. The van der Waals surface area contributed by atoms with Crippen LogP contribution in [0.4, 0.5) is 11.5 Å². The lowest BCUT2D eigenvalue weighted by molar-refractivity contribution is -0.00000503. The highest BCUT2D eigenvalue weighted by molar-refractivity contribution is 6.06. The Hall–Kier alpha value is -2.66. The van der Waals surface area contributed by atoms with Gasteiger partial charge in [0, 0.05) is 29.9 Å². The monoisotopic (exact) mass is 325 g/mol. The zero-order valence-corrected chi connectivity index (χ0v) is 13.2. The Kier molecular flexibility index (Phi) is 4.12. The van der Waals surface area contributed by atoms with Gasteiger partial charge in [0.2, 0.25) is 0 Å². The molecule has 0 fully saturated rings. The molecule has 0 bridgehead atoms. The first-order chi connectivity index (χ1) is 10.8. The van der Waals surface area contributed by atoms with Crippen molar-refractivity contribution in [2.75, 3.05) is 5.32 Å². The third-order valence-corrected chi connectivity index (χ3v) is 3.53. The number of hydrogen-bond donors (Lipinski definition) is 1. The minimum Gasteiger partial charge on any atom is -1.00 e. The van der Waals surface area contributed by atoms with E-state index in [0.717, 1.165) is 34.4 Å². The van der Waals surface area contributed by atoms with Crippen LogP contribution in [0.2, 0.25) is 0 Å². The van der Waals surface area contributed by atoms with E-state index in [2.05, 4.69) is 20.3 Å². The molecule has 3 aromatic heterocycles. The third-order valence-electron chi connectivity index (χ3n) is 3.53. The Balaban J connectivity index is 0.00000156. The molecular formula is C17H14ClN4O-. The van der Waals surface area contributed by atoms with E-state index in [-0.39, 0.29) is 12.4 Å². The van der Waals surface area contributed by atoms with Crippen LogP contribution in [-0.4, -0.2) is 15.0 Å². The average molecular weight is 326 g/mol. The highest BCUT2D eigenvalue weighted by atomic mass is 35.5. The van der Waals surface area contributed by atoms with Gasteiger partial charge in [-0.25, -0.2) is 9.97 Å². The zero-order chi connectivity index (χ0) is 14.9. The second-order valence-electron chi connectivity index (χ2n) is 4.98. The van der Waals surface area contributed by atoms with E-state index < -0.39 is 0 Å². The molecule has 0 atom stereocenters. The molecule has 0 aliphatic carbocycles. The van der Waals surface area contributed by atoms with Gasteiger partial charge in [-0.05, 0) is 24.3 Å². The largest absolute Gasteiger partial charge is 1.00 e. The fourth-order valence-electron chi connectivity index (χ4n) is 2.45. The maximum atomic E-state index is 5.95. The fourth-order valence-corrected chi connectivity index (χ4v) is 2.45. The number of aromatic nitrogens is 3. The zero-order valence-electron chi connectivity index (χ0n) is 12.5. The van der Waals surface area contributed by atoms with E-state index in [1.807, 2.05) is 43.3 Å². The van der Waals surface area contributed by atoms with Gasteiger partial charge in [0.05, 0.1) is 0 Å². The second-order valence-corrected chi connectivity index (χ2v) is 4.98. The average Bonchev–Trinajstić information content (AvgIpc) is 2.95. The number of fused-ring (bicyclic) bond motifs is 3. The number of anilines is 2. The van der Waals surface area contributed by atoms with Crippen LogP contribution in [0.25, 0.3) is 22.1 Å². The van der Waals surface area contributed by atoms with Gasteiger partial charge in [-0.1, -0.05) is 19.1 Å². The molecule has 0 spiro atoms. The summed E-state index contributed by atoms with van der Waals surface area (Å²) in [5.74, 6) is 1.47. The van der Waals surface area contributed by atoms with Gasteiger partial charge >= 0.3 is 0 Å². The number of nitrogens with zero attached hydrogens (tertiary/aromatic N) is 3.